The lowest BCUT2D eigenvalue weighted by Gasteiger charge is -2.45. The molecule has 0 amide bonds. The molecule has 1 nitrogen and oxygen atoms in total. The molecule has 2 atom stereocenters. The standard InChI is InChI=1S/C13H15IO/c1-3-13(2)10(8-12(13)15)9-6-4-5-7-11(9)14/h4-7,10H,3,8H2,1-2H3. The van der Waals surface area contributed by atoms with Crippen molar-refractivity contribution in [2.75, 3.05) is 0 Å². The minimum atomic E-state index is -0.110. The lowest BCUT2D eigenvalue weighted by Crippen LogP contribution is -2.45. The molecule has 0 heterocycles. The van der Waals surface area contributed by atoms with E-state index in [-0.39, 0.29) is 5.41 Å². The number of carbonyl (C=O) groups excluding carboxylic acids is 1. The van der Waals surface area contributed by atoms with Crippen molar-refractivity contribution in [3.63, 3.8) is 0 Å². The third-order valence-corrected chi connectivity index (χ3v) is 4.79. The third-order valence-electron chi connectivity index (χ3n) is 3.81. The molecule has 1 fully saturated rings. The minimum absolute atomic E-state index is 0.110. The highest BCUT2D eigenvalue weighted by Gasteiger charge is 2.50. The smallest absolute Gasteiger partial charge is 0.140 e. The largest absolute Gasteiger partial charge is 0.299 e. The molecule has 0 bridgehead atoms. The number of rotatable bonds is 2. The highest BCUT2D eigenvalue weighted by atomic mass is 127. The summed E-state index contributed by atoms with van der Waals surface area (Å²) in [4.78, 5) is 11.7. The summed E-state index contributed by atoms with van der Waals surface area (Å²) in [6.07, 6.45) is 1.67. The molecule has 1 aromatic carbocycles. The van der Waals surface area contributed by atoms with Crippen molar-refractivity contribution < 1.29 is 4.79 Å². The van der Waals surface area contributed by atoms with Gasteiger partial charge in [-0.3, -0.25) is 4.79 Å². The Morgan fingerprint density at radius 1 is 1.47 bits per heavy atom. The predicted octanol–water partition coefficient (Wildman–Crippen LogP) is 3.76. The number of Topliss-reactive ketones (excluding diaryl/α,β-unsaturated/α-hetero) is 1. The number of carbonyl (C=O) groups is 1. The van der Waals surface area contributed by atoms with Crippen molar-refractivity contribution >= 4 is 28.4 Å². The Hall–Kier alpha value is -0.380. The van der Waals surface area contributed by atoms with Gasteiger partial charge in [0.05, 0.1) is 0 Å². The SMILES string of the molecule is CCC1(C)C(=O)CC1c1ccccc1I. The van der Waals surface area contributed by atoms with E-state index < -0.39 is 0 Å². The fourth-order valence-corrected chi connectivity index (χ4v) is 3.12. The fraction of sp³-hybridized carbons (Fsp3) is 0.462. The lowest BCUT2D eigenvalue weighted by atomic mass is 9.56. The van der Waals surface area contributed by atoms with E-state index in [0.29, 0.717) is 11.7 Å². The van der Waals surface area contributed by atoms with Crippen molar-refractivity contribution in [3.05, 3.63) is 33.4 Å². The second-order valence-electron chi connectivity index (χ2n) is 4.47. The number of hydrogen-bond donors (Lipinski definition) is 0. The Bertz CT molecular complexity index is 399. The summed E-state index contributed by atoms with van der Waals surface area (Å²) in [6, 6.07) is 8.40. The monoisotopic (exact) mass is 314 g/mol. The van der Waals surface area contributed by atoms with Crippen LogP contribution in [0.25, 0.3) is 0 Å². The molecule has 0 aliphatic heterocycles. The first kappa shape index (κ1) is 11.1. The molecule has 0 aromatic heterocycles. The van der Waals surface area contributed by atoms with Crippen LogP contribution in [0.3, 0.4) is 0 Å². The van der Waals surface area contributed by atoms with Crippen molar-refractivity contribution in [2.24, 2.45) is 5.41 Å². The first-order valence-corrected chi connectivity index (χ1v) is 6.45. The van der Waals surface area contributed by atoms with E-state index in [1.54, 1.807) is 0 Å². The Morgan fingerprint density at radius 2 is 2.13 bits per heavy atom. The molecular weight excluding hydrogens is 299 g/mol. The molecule has 1 aromatic rings. The van der Waals surface area contributed by atoms with Gasteiger partial charge in [-0.25, -0.2) is 0 Å². The normalized spacial score (nSPS) is 30.1. The van der Waals surface area contributed by atoms with Gasteiger partial charge >= 0.3 is 0 Å². The summed E-state index contributed by atoms with van der Waals surface area (Å²) < 4.78 is 1.28. The summed E-state index contributed by atoms with van der Waals surface area (Å²) in [6.45, 7) is 4.21. The lowest BCUT2D eigenvalue weighted by molar-refractivity contribution is -0.139. The maximum absolute atomic E-state index is 11.7. The Balaban J connectivity index is 2.35. The van der Waals surface area contributed by atoms with Crippen LogP contribution >= 0.6 is 22.6 Å². The highest BCUT2D eigenvalue weighted by molar-refractivity contribution is 14.1. The molecule has 0 spiro atoms. The molecular formula is C13H15IO. The minimum Gasteiger partial charge on any atom is -0.299 e. The van der Waals surface area contributed by atoms with Gasteiger partial charge in [0, 0.05) is 21.3 Å². The number of halogens is 1. The van der Waals surface area contributed by atoms with Gasteiger partial charge in [0.25, 0.3) is 0 Å². The van der Waals surface area contributed by atoms with Gasteiger partial charge in [-0.05, 0) is 40.6 Å². The summed E-state index contributed by atoms with van der Waals surface area (Å²) in [5.74, 6) is 0.859. The zero-order valence-corrected chi connectivity index (χ0v) is 11.2. The number of hydrogen-bond acceptors (Lipinski definition) is 1. The van der Waals surface area contributed by atoms with E-state index in [0.717, 1.165) is 12.8 Å². The molecule has 1 saturated carbocycles. The fourth-order valence-electron chi connectivity index (χ4n) is 2.36. The summed E-state index contributed by atoms with van der Waals surface area (Å²) in [5.41, 5.74) is 1.24. The van der Waals surface area contributed by atoms with Crippen molar-refractivity contribution in [1.29, 1.82) is 0 Å². The van der Waals surface area contributed by atoms with E-state index >= 15 is 0 Å². The topological polar surface area (TPSA) is 17.1 Å². The molecule has 0 N–H and O–H groups in total. The average molecular weight is 314 g/mol. The molecule has 0 radical (unpaired) electrons. The van der Waals surface area contributed by atoms with Gasteiger partial charge in [0.2, 0.25) is 0 Å². The molecule has 0 saturated heterocycles. The summed E-state index contributed by atoms with van der Waals surface area (Å²) in [7, 11) is 0. The Kier molecular flexibility index (Phi) is 2.88. The highest BCUT2D eigenvalue weighted by Crippen LogP contribution is 2.52. The van der Waals surface area contributed by atoms with Crippen molar-refractivity contribution in [2.45, 2.75) is 32.6 Å². The Morgan fingerprint density at radius 3 is 2.67 bits per heavy atom. The van der Waals surface area contributed by atoms with Crippen LogP contribution in [-0.2, 0) is 4.79 Å². The van der Waals surface area contributed by atoms with E-state index in [4.69, 9.17) is 0 Å². The zero-order chi connectivity index (χ0) is 11.1. The number of ketones is 1. The van der Waals surface area contributed by atoms with Gasteiger partial charge in [-0.2, -0.15) is 0 Å². The molecule has 1 aliphatic carbocycles. The zero-order valence-electron chi connectivity index (χ0n) is 9.09. The van der Waals surface area contributed by atoms with Crippen LogP contribution in [0.15, 0.2) is 24.3 Å². The van der Waals surface area contributed by atoms with Crippen LogP contribution in [0.5, 0.6) is 0 Å². The first-order valence-electron chi connectivity index (χ1n) is 5.37. The van der Waals surface area contributed by atoms with Gasteiger partial charge in [-0.15, -0.1) is 0 Å². The molecule has 2 heteroatoms. The van der Waals surface area contributed by atoms with Gasteiger partial charge in [0.15, 0.2) is 0 Å². The Labute approximate surface area is 104 Å². The van der Waals surface area contributed by atoms with Gasteiger partial charge < -0.3 is 0 Å². The van der Waals surface area contributed by atoms with E-state index in [2.05, 4.69) is 60.7 Å². The molecule has 80 valence electrons. The average Bonchev–Trinajstić information content (AvgIpc) is 2.26. The second-order valence-corrected chi connectivity index (χ2v) is 5.63. The maximum Gasteiger partial charge on any atom is 0.140 e. The predicted molar refractivity (Wildman–Crippen MR) is 69.9 cm³/mol. The first-order chi connectivity index (χ1) is 7.09. The number of benzene rings is 1. The van der Waals surface area contributed by atoms with E-state index in [1.807, 2.05) is 0 Å². The van der Waals surface area contributed by atoms with Crippen molar-refractivity contribution in [1.82, 2.24) is 0 Å². The van der Waals surface area contributed by atoms with Gasteiger partial charge in [-0.1, -0.05) is 32.0 Å². The van der Waals surface area contributed by atoms with Crippen LogP contribution in [0.1, 0.15) is 38.2 Å². The van der Waals surface area contributed by atoms with Crippen LogP contribution in [0.2, 0.25) is 0 Å². The van der Waals surface area contributed by atoms with Gasteiger partial charge in [0.1, 0.15) is 5.78 Å². The maximum atomic E-state index is 11.7. The summed E-state index contributed by atoms with van der Waals surface area (Å²) >= 11 is 2.36. The third kappa shape index (κ3) is 1.63. The van der Waals surface area contributed by atoms with Crippen LogP contribution in [-0.4, -0.2) is 5.78 Å². The molecule has 2 rings (SSSR count). The molecule has 15 heavy (non-hydrogen) atoms. The van der Waals surface area contributed by atoms with Crippen LogP contribution in [0, 0.1) is 8.99 Å². The molecule has 2 unspecified atom stereocenters. The van der Waals surface area contributed by atoms with Crippen LogP contribution < -0.4 is 0 Å². The molecule has 1 aliphatic rings. The summed E-state index contributed by atoms with van der Waals surface area (Å²) in [5, 5.41) is 0. The second kappa shape index (κ2) is 3.89. The van der Waals surface area contributed by atoms with E-state index in [1.165, 1.54) is 9.13 Å². The van der Waals surface area contributed by atoms with Crippen molar-refractivity contribution in [3.8, 4) is 0 Å². The van der Waals surface area contributed by atoms with E-state index in [9.17, 15) is 4.79 Å². The van der Waals surface area contributed by atoms with Crippen LogP contribution in [0.4, 0.5) is 0 Å². The quantitative estimate of drug-likeness (QED) is 0.760.